The Labute approximate surface area is 251 Å². The van der Waals surface area contributed by atoms with E-state index in [4.69, 9.17) is 14.5 Å². The van der Waals surface area contributed by atoms with Crippen molar-refractivity contribution in [2.75, 3.05) is 7.11 Å². The zero-order valence-corrected chi connectivity index (χ0v) is 26.9. The molecule has 0 saturated heterocycles. The Hall–Kier alpha value is -3.43. The minimum absolute atomic E-state index is 0.109. The topological polar surface area (TPSA) is 74.8 Å². The second-order valence-electron chi connectivity index (χ2n) is 10.9. The molecule has 2 aromatic carbocycles. The monoisotopic (exact) mass is 635 g/mol. The van der Waals surface area contributed by atoms with Gasteiger partial charge < -0.3 is 14.0 Å². The summed E-state index contributed by atoms with van der Waals surface area (Å²) in [4.78, 5) is 32.7. The summed E-state index contributed by atoms with van der Waals surface area (Å²) in [6.07, 6.45) is 1.86. The highest BCUT2D eigenvalue weighted by atomic mass is 79.9. The van der Waals surface area contributed by atoms with Gasteiger partial charge in [0.2, 0.25) is 0 Å². The Morgan fingerprint density at radius 3 is 2.51 bits per heavy atom. The first-order chi connectivity index (χ1) is 19.4. The maximum absolute atomic E-state index is 14.3. The third kappa shape index (κ3) is 4.99. The third-order valence-electron chi connectivity index (χ3n) is 7.37. The molecule has 0 saturated carbocycles. The van der Waals surface area contributed by atoms with E-state index >= 15 is 0 Å². The van der Waals surface area contributed by atoms with Crippen LogP contribution in [0.5, 0.6) is 5.75 Å². The molecule has 0 amide bonds. The number of halogens is 1. The average Bonchev–Trinajstić information content (AvgIpc) is 3.37. The number of allylic oxidation sites excluding steroid dienone is 1. The van der Waals surface area contributed by atoms with E-state index < -0.39 is 12.0 Å². The number of fused-ring (bicyclic) bond motifs is 2. The molecule has 0 spiro atoms. The molecule has 41 heavy (non-hydrogen) atoms. The van der Waals surface area contributed by atoms with Gasteiger partial charge in [-0.15, -0.1) is 0 Å². The van der Waals surface area contributed by atoms with E-state index in [2.05, 4.69) is 66.4 Å². The predicted molar refractivity (Wildman–Crippen MR) is 167 cm³/mol. The highest BCUT2D eigenvalue weighted by Gasteiger charge is 2.35. The molecule has 1 aliphatic heterocycles. The van der Waals surface area contributed by atoms with Gasteiger partial charge in [-0.2, -0.15) is 0 Å². The first-order valence-electron chi connectivity index (χ1n) is 13.6. The highest BCUT2D eigenvalue weighted by molar-refractivity contribution is 9.10. The number of rotatable bonds is 6. The van der Waals surface area contributed by atoms with Crippen LogP contribution in [-0.4, -0.2) is 28.3 Å². The molecule has 0 fully saturated rings. The first kappa shape index (κ1) is 29.1. The Balaban J connectivity index is 1.83. The van der Waals surface area contributed by atoms with Crippen LogP contribution in [0.1, 0.15) is 69.1 Å². The molecule has 9 heteroatoms. The second-order valence-corrected chi connectivity index (χ2v) is 12.8. The van der Waals surface area contributed by atoms with E-state index in [0.29, 0.717) is 31.9 Å². The second kappa shape index (κ2) is 11.1. The SMILES string of the molecule is COC(=O)C1=C(C)N=c2s/c(=C\c3c(C)n(C(C)C)c4c(C)cccc34)c(=O)n2[C@@H]1c1cc(Br)ccc1OC(C)C. The molecule has 4 aromatic rings. The fourth-order valence-corrected chi connectivity index (χ4v) is 7.14. The van der Waals surface area contributed by atoms with Crippen molar-refractivity contribution < 1.29 is 14.3 Å². The van der Waals surface area contributed by atoms with Gasteiger partial charge in [0.25, 0.3) is 5.56 Å². The van der Waals surface area contributed by atoms with E-state index in [1.54, 1.807) is 11.5 Å². The van der Waals surface area contributed by atoms with Crippen molar-refractivity contribution >= 4 is 50.2 Å². The fourth-order valence-electron chi connectivity index (χ4n) is 5.73. The van der Waals surface area contributed by atoms with Gasteiger partial charge in [0.1, 0.15) is 11.8 Å². The van der Waals surface area contributed by atoms with Crippen molar-refractivity contribution in [3.8, 4) is 5.75 Å². The number of aryl methyl sites for hydroxylation is 1. The summed E-state index contributed by atoms with van der Waals surface area (Å²) < 4.78 is 16.6. The van der Waals surface area contributed by atoms with Crippen LogP contribution in [0.2, 0.25) is 0 Å². The van der Waals surface area contributed by atoms with Crippen LogP contribution >= 0.6 is 27.3 Å². The van der Waals surface area contributed by atoms with Crippen LogP contribution in [0.15, 0.2) is 61.9 Å². The van der Waals surface area contributed by atoms with Crippen molar-refractivity contribution in [2.24, 2.45) is 4.99 Å². The zero-order valence-electron chi connectivity index (χ0n) is 24.5. The normalized spacial score (nSPS) is 15.6. The predicted octanol–water partition coefficient (Wildman–Crippen LogP) is 6.11. The molecule has 1 atom stereocenters. The summed E-state index contributed by atoms with van der Waals surface area (Å²) in [5.41, 5.74) is 5.73. The van der Waals surface area contributed by atoms with Gasteiger partial charge in [0, 0.05) is 32.7 Å². The molecule has 0 unspecified atom stereocenters. The minimum Gasteiger partial charge on any atom is -0.491 e. The smallest absolute Gasteiger partial charge is 0.338 e. The number of aromatic nitrogens is 2. The largest absolute Gasteiger partial charge is 0.491 e. The number of nitrogens with zero attached hydrogens (tertiary/aromatic N) is 3. The standard InChI is InChI=1S/C32H34BrN3O4S/c1-16(2)35-20(7)23(22-11-9-10-18(5)28(22)35)15-26-30(37)36-29(24-14-21(33)12-13-25(24)40-17(3)4)27(31(38)39-8)19(6)34-32(36)41-26/h9-17,29H,1-8H3/b26-15-/t29-/m1/s1. The van der Waals surface area contributed by atoms with Crippen molar-refractivity contribution in [2.45, 2.75) is 66.7 Å². The number of para-hydroxylation sites is 1. The van der Waals surface area contributed by atoms with Crippen LogP contribution in [0.25, 0.3) is 17.0 Å². The summed E-state index contributed by atoms with van der Waals surface area (Å²) in [6.45, 7) is 14.2. The average molecular weight is 637 g/mol. The van der Waals surface area contributed by atoms with Crippen LogP contribution in [0.3, 0.4) is 0 Å². The maximum Gasteiger partial charge on any atom is 0.338 e. The third-order valence-corrected chi connectivity index (χ3v) is 8.84. The lowest BCUT2D eigenvalue weighted by atomic mass is 9.95. The van der Waals surface area contributed by atoms with Gasteiger partial charge in [0.15, 0.2) is 4.80 Å². The van der Waals surface area contributed by atoms with E-state index in [1.807, 2.05) is 38.1 Å². The van der Waals surface area contributed by atoms with Gasteiger partial charge in [-0.3, -0.25) is 9.36 Å². The van der Waals surface area contributed by atoms with Gasteiger partial charge in [-0.25, -0.2) is 9.79 Å². The van der Waals surface area contributed by atoms with Crippen molar-refractivity contribution in [3.63, 3.8) is 0 Å². The number of methoxy groups -OCH3 is 1. The fraction of sp³-hybridized carbons (Fsp3) is 0.344. The zero-order chi connectivity index (χ0) is 29.7. The Bertz CT molecular complexity index is 1910. The minimum atomic E-state index is -0.771. The molecule has 214 valence electrons. The summed E-state index contributed by atoms with van der Waals surface area (Å²) >= 11 is 4.90. The van der Waals surface area contributed by atoms with Crippen LogP contribution in [0.4, 0.5) is 0 Å². The van der Waals surface area contributed by atoms with Crippen LogP contribution in [-0.2, 0) is 9.53 Å². The number of hydrogen-bond acceptors (Lipinski definition) is 6. The van der Waals surface area contributed by atoms with Crippen LogP contribution in [0, 0.1) is 13.8 Å². The quantitative estimate of drug-likeness (QED) is 0.240. The summed E-state index contributed by atoms with van der Waals surface area (Å²) in [5.74, 6) is 0.0533. The molecule has 3 heterocycles. The molecule has 0 aliphatic carbocycles. The van der Waals surface area contributed by atoms with Gasteiger partial charge in [-0.05, 0) is 78.3 Å². The number of carbonyl (C=O) groups excluding carboxylic acids is 1. The first-order valence-corrected chi connectivity index (χ1v) is 15.2. The number of benzene rings is 2. The van der Waals surface area contributed by atoms with Crippen LogP contribution < -0.4 is 19.6 Å². The van der Waals surface area contributed by atoms with E-state index in [1.165, 1.54) is 29.5 Å². The molecule has 2 aromatic heterocycles. The lowest BCUT2D eigenvalue weighted by molar-refractivity contribution is -0.136. The van der Waals surface area contributed by atoms with E-state index in [-0.39, 0.29) is 17.7 Å². The molecular formula is C32H34BrN3O4S. The van der Waals surface area contributed by atoms with Crippen molar-refractivity contribution in [3.05, 3.63) is 94.2 Å². The van der Waals surface area contributed by atoms with E-state index in [0.717, 1.165) is 21.1 Å². The Morgan fingerprint density at radius 2 is 1.85 bits per heavy atom. The van der Waals surface area contributed by atoms with Crippen molar-refractivity contribution in [1.29, 1.82) is 0 Å². The Morgan fingerprint density at radius 1 is 1.12 bits per heavy atom. The Kier molecular flexibility index (Phi) is 7.87. The number of ether oxygens (including phenoxy) is 2. The lowest BCUT2D eigenvalue weighted by Crippen LogP contribution is -2.40. The molecule has 0 N–H and O–H groups in total. The lowest BCUT2D eigenvalue weighted by Gasteiger charge is -2.26. The molecule has 0 bridgehead atoms. The van der Waals surface area contributed by atoms with Crippen molar-refractivity contribution in [1.82, 2.24) is 9.13 Å². The number of carbonyl (C=O) groups is 1. The number of esters is 1. The number of thiazole rings is 1. The van der Waals surface area contributed by atoms with Gasteiger partial charge in [-0.1, -0.05) is 45.5 Å². The molecule has 5 rings (SSSR count). The number of hydrogen-bond donors (Lipinski definition) is 0. The summed E-state index contributed by atoms with van der Waals surface area (Å²) in [5, 5.41) is 1.10. The van der Waals surface area contributed by atoms with Gasteiger partial charge >= 0.3 is 5.97 Å². The summed E-state index contributed by atoms with van der Waals surface area (Å²) in [6, 6.07) is 11.4. The van der Waals surface area contributed by atoms with Gasteiger partial charge in [0.05, 0.1) is 34.5 Å². The van der Waals surface area contributed by atoms with E-state index in [9.17, 15) is 9.59 Å². The maximum atomic E-state index is 14.3. The molecule has 0 radical (unpaired) electrons. The molecular weight excluding hydrogens is 602 g/mol. The molecule has 7 nitrogen and oxygen atoms in total. The highest BCUT2D eigenvalue weighted by Crippen LogP contribution is 2.38. The molecule has 1 aliphatic rings. The summed E-state index contributed by atoms with van der Waals surface area (Å²) in [7, 11) is 1.34.